The van der Waals surface area contributed by atoms with Gasteiger partial charge in [-0.3, -0.25) is 0 Å². The Morgan fingerprint density at radius 3 is 2.88 bits per heavy atom. The molecule has 0 amide bonds. The van der Waals surface area contributed by atoms with E-state index in [1.807, 2.05) is 0 Å². The van der Waals surface area contributed by atoms with Crippen molar-refractivity contribution in [3.05, 3.63) is 0 Å². The van der Waals surface area contributed by atoms with E-state index < -0.39 is 0 Å². The average molecular weight is 224 g/mol. The maximum atomic E-state index is 6.26. The lowest BCUT2D eigenvalue weighted by atomic mass is 9.77. The van der Waals surface area contributed by atoms with E-state index in [-0.39, 0.29) is 0 Å². The van der Waals surface area contributed by atoms with Gasteiger partial charge in [0.25, 0.3) is 0 Å². The molecule has 2 nitrogen and oxygen atoms in total. The molecule has 3 rings (SSSR count). The molecule has 92 valence electrons. The van der Waals surface area contributed by atoms with Crippen LogP contribution in [0, 0.1) is 11.3 Å². The molecule has 2 aliphatic heterocycles. The first-order valence-corrected chi connectivity index (χ1v) is 6.95. The van der Waals surface area contributed by atoms with Crippen LogP contribution in [0.5, 0.6) is 0 Å². The Morgan fingerprint density at radius 1 is 1.31 bits per heavy atom. The number of rotatable bonds is 1. The largest absolute Gasteiger partial charge is 0.372 e. The van der Waals surface area contributed by atoms with Crippen molar-refractivity contribution in [1.82, 2.24) is 0 Å². The summed E-state index contributed by atoms with van der Waals surface area (Å²) >= 11 is 0. The molecule has 0 aromatic carbocycles. The predicted octanol–water partition coefficient (Wildman–Crippen LogP) is 3.15. The quantitative estimate of drug-likeness (QED) is 0.638. The molecule has 6 unspecified atom stereocenters. The van der Waals surface area contributed by atoms with Gasteiger partial charge in [0.15, 0.2) is 0 Å². The molecule has 16 heavy (non-hydrogen) atoms. The summed E-state index contributed by atoms with van der Waals surface area (Å²) in [6.07, 6.45) is 8.20. The molecular formula is C14H24O2. The lowest BCUT2D eigenvalue weighted by Gasteiger charge is -2.30. The second kappa shape index (κ2) is 3.71. The number of hydrogen-bond donors (Lipinski definition) is 0. The van der Waals surface area contributed by atoms with Gasteiger partial charge in [-0.2, -0.15) is 0 Å². The van der Waals surface area contributed by atoms with Crippen molar-refractivity contribution in [3.8, 4) is 0 Å². The lowest BCUT2D eigenvalue weighted by Crippen LogP contribution is -2.30. The second-order valence-corrected chi connectivity index (χ2v) is 6.32. The fourth-order valence-electron chi connectivity index (χ4n) is 3.96. The summed E-state index contributed by atoms with van der Waals surface area (Å²) in [5.41, 5.74) is 0.393. The van der Waals surface area contributed by atoms with Crippen LogP contribution in [-0.2, 0) is 9.47 Å². The number of hydrogen-bond acceptors (Lipinski definition) is 2. The predicted molar refractivity (Wildman–Crippen MR) is 63.4 cm³/mol. The van der Waals surface area contributed by atoms with Crippen molar-refractivity contribution >= 4 is 0 Å². The van der Waals surface area contributed by atoms with Crippen LogP contribution >= 0.6 is 0 Å². The minimum atomic E-state index is 0.309. The first kappa shape index (κ1) is 11.0. The van der Waals surface area contributed by atoms with Gasteiger partial charge in [-0.1, -0.05) is 26.7 Å². The fourth-order valence-corrected chi connectivity index (χ4v) is 3.96. The van der Waals surface area contributed by atoms with Crippen LogP contribution in [0.2, 0.25) is 0 Å². The molecule has 0 aromatic rings. The standard InChI is InChI=1S/C14H24O2/c1-4-10-6-5-7-14(3)8-11(10)15-9(2)12-13(14)16-12/h9-13H,4-8H2,1-3H3. The van der Waals surface area contributed by atoms with E-state index in [0.717, 1.165) is 5.92 Å². The maximum Gasteiger partial charge on any atom is 0.111 e. The minimum Gasteiger partial charge on any atom is -0.372 e. The van der Waals surface area contributed by atoms with E-state index in [2.05, 4.69) is 20.8 Å². The normalized spacial score (nSPS) is 56.1. The van der Waals surface area contributed by atoms with Crippen LogP contribution in [0.1, 0.15) is 52.9 Å². The molecule has 1 saturated carbocycles. The molecule has 2 heterocycles. The van der Waals surface area contributed by atoms with Gasteiger partial charge in [-0.05, 0) is 37.5 Å². The third kappa shape index (κ3) is 1.62. The van der Waals surface area contributed by atoms with E-state index in [0.29, 0.717) is 29.8 Å². The van der Waals surface area contributed by atoms with Gasteiger partial charge in [0.2, 0.25) is 0 Å². The molecule has 3 aliphatic rings. The number of epoxide rings is 1. The van der Waals surface area contributed by atoms with Crippen molar-refractivity contribution in [2.45, 2.75) is 77.3 Å². The number of fused-ring (bicyclic) bond motifs is 4. The van der Waals surface area contributed by atoms with Crippen LogP contribution in [0.4, 0.5) is 0 Å². The summed E-state index contributed by atoms with van der Waals surface area (Å²) in [7, 11) is 0. The highest BCUT2D eigenvalue weighted by Gasteiger charge is 2.58. The molecule has 0 N–H and O–H groups in total. The monoisotopic (exact) mass is 224 g/mol. The van der Waals surface area contributed by atoms with Crippen LogP contribution < -0.4 is 0 Å². The highest BCUT2D eigenvalue weighted by molar-refractivity contribution is 5.05. The van der Waals surface area contributed by atoms with Gasteiger partial charge in [0.05, 0.1) is 18.3 Å². The van der Waals surface area contributed by atoms with Gasteiger partial charge in [-0.15, -0.1) is 0 Å². The highest BCUT2D eigenvalue weighted by Crippen LogP contribution is 2.53. The van der Waals surface area contributed by atoms with Crippen molar-refractivity contribution in [3.63, 3.8) is 0 Å². The zero-order chi connectivity index (χ0) is 11.3. The molecule has 3 fully saturated rings. The van der Waals surface area contributed by atoms with E-state index in [9.17, 15) is 0 Å². The zero-order valence-corrected chi connectivity index (χ0v) is 10.7. The van der Waals surface area contributed by atoms with Crippen LogP contribution in [0.3, 0.4) is 0 Å². The van der Waals surface area contributed by atoms with E-state index in [4.69, 9.17) is 9.47 Å². The van der Waals surface area contributed by atoms with E-state index in [1.54, 1.807) is 0 Å². The Morgan fingerprint density at radius 2 is 2.12 bits per heavy atom. The van der Waals surface area contributed by atoms with Crippen molar-refractivity contribution in [1.29, 1.82) is 0 Å². The summed E-state index contributed by atoms with van der Waals surface area (Å²) in [5.74, 6) is 0.779. The van der Waals surface area contributed by atoms with Crippen molar-refractivity contribution < 1.29 is 9.47 Å². The average Bonchev–Trinajstić information content (AvgIpc) is 3.01. The highest BCUT2D eigenvalue weighted by atomic mass is 16.6. The molecule has 2 heteroatoms. The Balaban J connectivity index is 1.86. The SMILES string of the molecule is CCC1CCCC2(C)CC1OC(C)C1OC12. The molecular weight excluding hydrogens is 200 g/mol. The summed E-state index contributed by atoms with van der Waals surface area (Å²) in [5, 5.41) is 0. The molecule has 0 radical (unpaired) electrons. The molecule has 2 bridgehead atoms. The van der Waals surface area contributed by atoms with Crippen LogP contribution in [0.15, 0.2) is 0 Å². The summed E-state index contributed by atoms with van der Waals surface area (Å²) in [4.78, 5) is 0. The van der Waals surface area contributed by atoms with Gasteiger partial charge in [-0.25, -0.2) is 0 Å². The molecule has 0 aromatic heterocycles. The second-order valence-electron chi connectivity index (χ2n) is 6.32. The molecule has 0 spiro atoms. The minimum absolute atomic E-state index is 0.309. The third-order valence-electron chi connectivity index (χ3n) is 5.10. The van der Waals surface area contributed by atoms with Gasteiger partial charge in [0.1, 0.15) is 6.10 Å². The third-order valence-corrected chi connectivity index (χ3v) is 5.10. The molecule has 6 atom stereocenters. The van der Waals surface area contributed by atoms with Crippen LogP contribution in [-0.4, -0.2) is 24.4 Å². The first-order chi connectivity index (χ1) is 7.64. The summed E-state index contributed by atoms with van der Waals surface area (Å²) < 4.78 is 12.1. The fraction of sp³-hybridized carbons (Fsp3) is 1.00. The smallest absolute Gasteiger partial charge is 0.111 e. The molecule has 2 saturated heterocycles. The first-order valence-electron chi connectivity index (χ1n) is 6.95. The zero-order valence-electron chi connectivity index (χ0n) is 10.7. The van der Waals surface area contributed by atoms with Crippen molar-refractivity contribution in [2.24, 2.45) is 11.3 Å². The van der Waals surface area contributed by atoms with Gasteiger partial charge in [0, 0.05) is 0 Å². The van der Waals surface area contributed by atoms with Gasteiger partial charge >= 0.3 is 0 Å². The summed E-state index contributed by atoms with van der Waals surface area (Å²) in [6, 6.07) is 0. The summed E-state index contributed by atoms with van der Waals surface area (Å²) in [6.45, 7) is 6.92. The Labute approximate surface area is 98.7 Å². The maximum absolute atomic E-state index is 6.26. The Hall–Kier alpha value is -0.0800. The Kier molecular flexibility index (Phi) is 2.56. The molecule has 1 aliphatic carbocycles. The van der Waals surface area contributed by atoms with E-state index >= 15 is 0 Å². The Bertz CT molecular complexity index is 278. The van der Waals surface area contributed by atoms with Gasteiger partial charge < -0.3 is 9.47 Å². The van der Waals surface area contributed by atoms with E-state index in [1.165, 1.54) is 32.1 Å². The van der Waals surface area contributed by atoms with Crippen LogP contribution in [0.25, 0.3) is 0 Å². The number of ether oxygens (including phenoxy) is 2. The van der Waals surface area contributed by atoms with Crippen molar-refractivity contribution in [2.75, 3.05) is 0 Å². The lowest BCUT2D eigenvalue weighted by molar-refractivity contribution is -0.0600. The topological polar surface area (TPSA) is 21.8 Å².